The van der Waals surface area contributed by atoms with E-state index in [1.54, 1.807) is 18.0 Å². The van der Waals surface area contributed by atoms with Crippen molar-refractivity contribution >= 4 is 28.3 Å². The van der Waals surface area contributed by atoms with Crippen LogP contribution in [0.3, 0.4) is 0 Å². The van der Waals surface area contributed by atoms with Crippen LogP contribution < -0.4 is 10.6 Å². The summed E-state index contributed by atoms with van der Waals surface area (Å²) in [6.45, 7) is 14.6. The number of hydrogen-bond acceptors (Lipinski definition) is 5. The number of aromatic nitrogens is 2. The normalized spacial score (nSPS) is 16.7. The highest BCUT2D eigenvalue weighted by molar-refractivity contribution is 8.11. The predicted octanol–water partition coefficient (Wildman–Crippen LogP) is 6.16. The van der Waals surface area contributed by atoms with Crippen molar-refractivity contribution in [1.82, 2.24) is 15.3 Å². The number of nitrogens with zero attached hydrogens (tertiary/aromatic N) is 2. The first-order valence-corrected chi connectivity index (χ1v) is 10.9. The lowest BCUT2D eigenvalue weighted by Crippen LogP contribution is -2.30. The maximum absolute atomic E-state index is 4.77. The summed E-state index contributed by atoms with van der Waals surface area (Å²) in [7, 11) is 0. The van der Waals surface area contributed by atoms with Gasteiger partial charge in [-0.05, 0) is 68.0 Å². The molecule has 2 N–H and O–H groups in total. The Labute approximate surface area is 174 Å². The molecular weight excluding hydrogens is 364 g/mol. The van der Waals surface area contributed by atoms with Gasteiger partial charge >= 0.3 is 0 Å². The van der Waals surface area contributed by atoms with Gasteiger partial charge < -0.3 is 10.6 Å². The Balaban J connectivity index is 0.00000136. The van der Waals surface area contributed by atoms with E-state index in [0.29, 0.717) is 5.92 Å². The number of piperidine rings is 1. The van der Waals surface area contributed by atoms with E-state index >= 15 is 0 Å². The molecule has 5 heteroatoms. The fourth-order valence-electron chi connectivity index (χ4n) is 2.99. The quantitative estimate of drug-likeness (QED) is 0.612. The van der Waals surface area contributed by atoms with Gasteiger partial charge in [0.05, 0.1) is 5.69 Å². The first-order chi connectivity index (χ1) is 13.7. The fourth-order valence-corrected chi connectivity index (χ4v) is 3.97. The Hall–Kier alpha value is -2.11. The minimum atomic E-state index is 0.529. The second-order valence-corrected chi connectivity index (χ2v) is 7.68. The molecule has 2 aromatic rings. The van der Waals surface area contributed by atoms with Crippen molar-refractivity contribution in [2.24, 2.45) is 5.92 Å². The third-order valence-electron chi connectivity index (χ3n) is 4.43. The molecule has 0 radical (unpaired) electrons. The Bertz CT molecular complexity index is 795. The first kappa shape index (κ1) is 22.2. The van der Waals surface area contributed by atoms with Gasteiger partial charge in [0.2, 0.25) is 0 Å². The number of hydrogen-bond donors (Lipinski definition) is 2. The zero-order valence-electron chi connectivity index (χ0n) is 17.5. The van der Waals surface area contributed by atoms with Gasteiger partial charge in [-0.15, -0.1) is 0 Å². The molecule has 1 fully saturated rings. The Kier molecular flexibility index (Phi) is 9.24. The van der Waals surface area contributed by atoms with Gasteiger partial charge in [0.15, 0.2) is 0 Å². The van der Waals surface area contributed by atoms with Crippen LogP contribution in [0.4, 0.5) is 11.6 Å². The molecule has 1 atom stereocenters. The van der Waals surface area contributed by atoms with Crippen LogP contribution in [0.25, 0.3) is 4.91 Å². The topological polar surface area (TPSA) is 49.8 Å². The molecular formula is C23H32N4S. The lowest BCUT2D eigenvalue weighted by Gasteiger charge is -2.24. The third-order valence-corrected chi connectivity index (χ3v) is 5.69. The molecule has 3 rings (SSSR count). The van der Waals surface area contributed by atoms with Gasteiger partial charge in [-0.1, -0.05) is 44.3 Å². The highest BCUT2D eigenvalue weighted by Crippen LogP contribution is 2.37. The molecule has 28 heavy (non-hydrogen) atoms. The SMILES string of the molecule is C=C(S/C(=C\C)c1cccc(Nc2cc(C)ccn2)n1)C1CCCNC1.CC. The second kappa shape index (κ2) is 11.7. The standard InChI is InChI=1S/C21H26N4S.C2H6/c1-4-19(26-16(3)17-7-6-11-22-14-17)18-8-5-9-20(24-18)25-21-13-15(2)10-12-23-21;1-2/h4-5,8-10,12-13,17,22H,3,6-7,11,14H2,1-2H3,(H,23,24,25);1-2H3/b19-4-;. The molecule has 1 aliphatic heterocycles. The molecule has 1 saturated heterocycles. The van der Waals surface area contributed by atoms with E-state index in [1.165, 1.54) is 23.3 Å². The summed E-state index contributed by atoms with van der Waals surface area (Å²) in [5.41, 5.74) is 2.13. The molecule has 4 nitrogen and oxygen atoms in total. The van der Waals surface area contributed by atoms with E-state index in [0.717, 1.165) is 35.3 Å². The summed E-state index contributed by atoms with van der Waals surface area (Å²) in [6, 6.07) is 10.0. The van der Waals surface area contributed by atoms with E-state index < -0.39 is 0 Å². The summed E-state index contributed by atoms with van der Waals surface area (Å²) in [5, 5.41) is 6.75. The molecule has 0 amide bonds. The van der Waals surface area contributed by atoms with Crippen LogP contribution in [-0.2, 0) is 0 Å². The van der Waals surface area contributed by atoms with E-state index in [1.807, 2.05) is 44.2 Å². The van der Waals surface area contributed by atoms with Crippen LogP contribution in [0.2, 0.25) is 0 Å². The smallest absolute Gasteiger partial charge is 0.132 e. The molecule has 0 aliphatic carbocycles. The molecule has 3 heterocycles. The third kappa shape index (κ3) is 6.50. The fraction of sp³-hybridized carbons (Fsp3) is 0.391. The van der Waals surface area contributed by atoms with Crippen molar-refractivity contribution < 1.29 is 0 Å². The van der Waals surface area contributed by atoms with Crippen molar-refractivity contribution in [1.29, 1.82) is 0 Å². The van der Waals surface area contributed by atoms with Gasteiger partial charge in [-0.2, -0.15) is 0 Å². The minimum absolute atomic E-state index is 0.529. The molecule has 0 saturated carbocycles. The molecule has 0 spiro atoms. The summed E-state index contributed by atoms with van der Waals surface area (Å²) in [6.07, 6.45) is 6.35. The summed E-state index contributed by atoms with van der Waals surface area (Å²) < 4.78 is 0. The molecule has 150 valence electrons. The largest absolute Gasteiger partial charge is 0.325 e. The van der Waals surface area contributed by atoms with E-state index in [9.17, 15) is 0 Å². The number of allylic oxidation sites excluding steroid dienone is 1. The molecule has 0 bridgehead atoms. The van der Waals surface area contributed by atoms with Crippen molar-refractivity contribution in [3.8, 4) is 0 Å². The monoisotopic (exact) mass is 396 g/mol. The highest BCUT2D eigenvalue weighted by Gasteiger charge is 2.18. The summed E-state index contributed by atoms with van der Waals surface area (Å²) >= 11 is 1.74. The minimum Gasteiger partial charge on any atom is -0.325 e. The van der Waals surface area contributed by atoms with Crippen molar-refractivity contribution in [2.75, 3.05) is 18.4 Å². The lowest BCUT2D eigenvalue weighted by molar-refractivity contribution is 0.435. The molecule has 0 aromatic carbocycles. The lowest BCUT2D eigenvalue weighted by atomic mass is 10.00. The molecule has 1 unspecified atom stereocenters. The molecule has 2 aromatic heterocycles. The van der Waals surface area contributed by atoms with Crippen molar-refractivity contribution in [3.05, 3.63) is 65.3 Å². The average molecular weight is 397 g/mol. The van der Waals surface area contributed by atoms with Crippen molar-refractivity contribution in [2.45, 2.75) is 40.5 Å². The maximum Gasteiger partial charge on any atom is 0.132 e. The number of thioether (sulfide) groups is 1. The van der Waals surface area contributed by atoms with Gasteiger partial charge in [-0.3, -0.25) is 0 Å². The highest BCUT2D eigenvalue weighted by atomic mass is 32.2. The zero-order valence-corrected chi connectivity index (χ0v) is 18.3. The summed E-state index contributed by atoms with van der Waals surface area (Å²) in [4.78, 5) is 11.5. The van der Waals surface area contributed by atoms with Gasteiger partial charge in [-0.25, -0.2) is 9.97 Å². The van der Waals surface area contributed by atoms with Crippen molar-refractivity contribution in [3.63, 3.8) is 0 Å². The number of rotatable bonds is 6. The Morgan fingerprint density at radius 1 is 1.29 bits per heavy atom. The Morgan fingerprint density at radius 3 is 2.79 bits per heavy atom. The average Bonchev–Trinajstić information content (AvgIpc) is 2.74. The van der Waals surface area contributed by atoms with Gasteiger partial charge in [0.1, 0.15) is 11.6 Å². The number of anilines is 2. The van der Waals surface area contributed by atoms with Crippen LogP contribution in [0.15, 0.2) is 54.1 Å². The van der Waals surface area contributed by atoms with E-state index in [4.69, 9.17) is 4.98 Å². The summed E-state index contributed by atoms with van der Waals surface area (Å²) in [5.74, 6) is 2.13. The van der Waals surface area contributed by atoms with Gasteiger partial charge in [0, 0.05) is 23.6 Å². The van der Waals surface area contributed by atoms with Crippen LogP contribution in [-0.4, -0.2) is 23.1 Å². The van der Waals surface area contributed by atoms with Gasteiger partial charge in [0.25, 0.3) is 0 Å². The predicted molar refractivity (Wildman–Crippen MR) is 124 cm³/mol. The second-order valence-electron chi connectivity index (χ2n) is 6.52. The first-order valence-electron chi connectivity index (χ1n) is 10.1. The zero-order chi connectivity index (χ0) is 20.4. The van der Waals surface area contributed by atoms with Crippen LogP contribution in [0.1, 0.15) is 44.9 Å². The number of aryl methyl sites for hydroxylation is 1. The number of pyridine rings is 2. The van der Waals surface area contributed by atoms with E-state index in [-0.39, 0.29) is 0 Å². The van der Waals surface area contributed by atoms with E-state index in [2.05, 4.69) is 42.1 Å². The maximum atomic E-state index is 4.77. The Morgan fingerprint density at radius 2 is 2.11 bits per heavy atom. The van der Waals surface area contributed by atoms with Crippen LogP contribution in [0.5, 0.6) is 0 Å². The van der Waals surface area contributed by atoms with Crippen LogP contribution >= 0.6 is 11.8 Å². The molecule has 1 aliphatic rings. The number of nitrogens with one attached hydrogen (secondary N) is 2. The van der Waals surface area contributed by atoms with Crippen LogP contribution in [0, 0.1) is 12.8 Å².